The van der Waals surface area contributed by atoms with Crippen LogP contribution < -0.4 is 10.1 Å². The van der Waals surface area contributed by atoms with Gasteiger partial charge in [0.25, 0.3) is 0 Å². The average molecular weight is 402 g/mol. The van der Waals surface area contributed by atoms with Gasteiger partial charge in [-0.25, -0.2) is 0 Å². The van der Waals surface area contributed by atoms with Crippen LogP contribution in [0, 0.1) is 5.92 Å². The Morgan fingerprint density at radius 1 is 1.21 bits per heavy atom. The molecule has 0 saturated carbocycles. The first-order valence-corrected chi connectivity index (χ1v) is 9.50. The summed E-state index contributed by atoms with van der Waals surface area (Å²) in [5.74, 6) is 0.664. The molecule has 0 aliphatic heterocycles. The number of aromatic nitrogens is 1. The van der Waals surface area contributed by atoms with Crippen molar-refractivity contribution in [3.8, 4) is 5.75 Å². The van der Waals surface area contributed by atoms with Gasteiger partial charge in [0.2, 0.25) is 5.91 Å². The van der Waals surface area contributed by atoms with Crippen molar-refractivity contribution in [2.75, 3.05) is 11.9 Å². The number of ether oxygens (including phenoxy) is 1. The van der Waals surface area contributed by atoms with Crippen LogP contribution >= 0.6 is 0 Å². The quantitative estimate of drug-likeness (QED) is 0.620. The summed E-state index contributed by atoms with van der Waals surface area (Å²) in [6, 6.07) is 9.60. The van der Waals surface area contributed by atoms with E-state index in [1.165, 1.54) is 13.0 Å². The van der Waals surface area contributed by atoms with Gasteiger partial charge < -0.3 is 15.0 Å². The predicted octanol–water partition coefficient (Wildman–Crippen LogP) is 5.33. The summed E-state index contributed by atoms with van der Waals surface area (Å²) in [5, 5.41) is 3.62. The molecule has 0 fully saturated rings. The fraction of sp³-hybridized carbons (Fsp3) is 0.318. The Morgan fingerprint density at radius 3 is 2.79 bits per heavy atom. The first-order chi connectivity index (χ1) is 13.8. The molecule has 0 saturated heterocycles. The number of aryl methyl sites for hydroxylation is 1. The van der Waals surface area contributed by atoms with Crippen molar-refractivity contribution in [2.24, 2.45) is 5.92 Å². The van der Waals surface area contributed by atoms with Crippen LogP contribution in [0.3, 0.4) is 0 Å². The normalized spacial score (nSPS) is 16.5. The number of rotatable bonds is 4. The number of hydrogen-bond donors (Lipinski definition) is 2. The Labute approximate surface area is 166 Å². The smallest absolute Gasteiger partial charge is 0.416 e. The van der Waals surface area contributed by atoms with E-state index in [2.05, 4.69) is 10.3 Å². The van der Waals surface area contributed by atoms with Gasteiger partial charge in [0.1, 0.15) is 5.75 Å². The van der Waals surface area contributed by atoms with Crippen LogP contribution in [-0.4, -0.2) is 17.5 Å². The van der Waals surface area contributed by atoms with Crippen LogP contribution in [0.15, 0.2) is 42.6 Å². The Balaban J connectivity index is 1.45. The van der Waals surface area contributed by atoms with Crippen molar-refractivity contribution in [3.05, 3.63) is 59.3 Å². The lowest BCUT2D eigenvalue weighted by atomic mass is 9.83. The molecule has 1 amide bonds. The standard InChI is InChI=1S/C22H21F3N2O2/c1-13(28)27-21-11-26-20-7-6-18(10-19(20)21)29-12-14-2-3-15-4-5-17(22(23,24)25)9-16(15)8-14/h4-7,9-11,14,26H,2-3,8,12H2,1H3,(H,27,28). The van der Waals surface area contributed by atoms with E-state index in [-0.39, 0.29) is 11.8 Å². The van der Waals surface area contributed by atoms with Gasteiger partial charge >= 0.3 is 6.18 Å². The van der Waals surface area contributed by atoms with Gasteiger partial charge in [-0.15, -0.1) is 0 Å². The topological polar surface area (TPSA) is 54.1 Å². The summed E-state index contributed by atoms with van der Waals surface area (Å²) in [4.78, 5) is 14.4. The summed E-state index contributed by atoms with van der Waals surface area (Å²) in [6.07, 6.45) is -0.391. The van der Waals surface area contributed by atoms with Crippen molar-refractivity contribution in [1.29, 1.82) is 0 Å². The molecule has 3 aromatic rings. The largest absolute Gasteiger partial charge is 0.493 e. The lowest BCUT2D eigenvalue weighted by Crippen LogP contribution is -2.21. The number of hydrogen-bond acceptors (Lipinski definition) is 2. The molecule has 1 atom stereocenters. The highest BCUT2D eigenvalue weighted by atomic mass is 19.4. The highest BCUT2D eigenvalue weighted by Gasteiger charge is 2.32. The number of benzene rings is 2. The maximum absolute atomic E-state index is 13.0. The third kappa shape index (κ3) is 4.23. The molecule has 1 heterocycles. The van der Waals surface area contributed by atoms with Gasteiger partial charge in [-0.3, -0.25) is 4.79 Å². The minimum Gasteiger partial charge on any atom is -0.493 e. The van der Waals surface area contributed by atoms with Crippen LogP contribution in [0.5, 0.6) is 5.75 Å². The van der Waals surface area contributed by atoms with Crippen LogP contribution in [0.2, 0.25) is 0 Å². The maximum atomic E-state index is 13.0. The van der Waals surface area contributed by atoms with Crippen LogP contribution in [0.25, 0.3) is 10.9 Å². The zero-order valence-corrected chi connectivity index (χ0v) is 15.9. The SMILES string of the molecule is CC(=O)Nc1c[nH]c2ccc(OCC3CCc4ccc(C(F)(F)F)cc4C3)cc12. The second-order valence-electron chi connectivity index (χ2n) is 7.49. The Bertz CT molecular complexity index is 1060. The lowest BCUT2D eigenvalue weighted by Gasteiger charge is -2.25. The fourth-order valence-corrected chi connectivity index (χ4v) is 3.85. The summed E-state index contributed by atoms with van der Waals surface area (Å²) in [6.45, 7) is 1.88. The van der Waals surface area contributed by atoms with Gasteiger partial charge in [-0.1, -0.05) is 6.07 Å². The van der Waals surface area contributed by atoms with Crippen molar-refractivity contribution >= 4 is 22.5 Å². The van der Waals surface area contributed by atoms with E-state index >= 15 is 0 Å². The van der Waals surface area contributed by atoms with Gasteiger partial charge in [-0.05, 0) is 66.6 Å². The van der Waals surface area contributed by atoms with E-state index in [0.717, 1.165) is 40.9 Å². The Hall–Kier alpha value is -2.96. The number of aromatic amines is 1. The molecule has 1 aliphatic carbocycles. The monoisotopic (exact) mass is 402 g/mol. The molecule has 4 rings (SSSR count). The molecular formula is C22H21F3N2O2. The van der Waals surface area contributed by atoms with Gasteiger partial charge in [0.15, 0.2) is 0 Å². The molecule has 4 nitrogen and oxygen atoms in total. The number of fused-ring (bicyclic) bond motifs is 2. The molecule has 0 radical (unpaired) electrons. The van der Waals surface area contributed by atoms with E-state index in [0.29, 0.717) is 24.5 Å². The molecule has 152 valence electrons. The number of carbonyl (C=O) groups is 1. The van der Waals surface area contributed by atoms with Crippen molar-refractivity contribution in [3.63, 3.8) is 0 Å². The molecule has 0 bridgehead atoms. The van der Waals surface area contributed by atoms with Crippen molar-refractivity contribution < 1.29 is 22.7 Å². The van der Waals surface area contributed by atoms with E-state index in [4.69, 9.17) is 4.74 Å². The molecule has 0 spiro atoms. The zero-order valence-electron chi connectivity index (χ0n) is 15.9. The number of carbonyl (C=O) groups excluding carboxylic acids is 1. The van der Waals surface area contributed by atoms with E-state index < -0.39 is 11.7 Å². The molecule has 2 aromatic carbocycles. The van der Waals surface area contributed by atoms with Crippen LogP contribution in [0.4, 0.5) is 18.9 Å². The zero-order chi connectivity index (χ0) is 20.6. The number of anilines is 1. The van der Waals surface area contributed by atoms with E-state index in [9.17, 15) is 18.0 Å². The van der Waals surface area contributed by atoms with E-state index in [1.807, 2.05) is 18.2 Å². The molecule has 1 unspecified atom stereocenters. The molecule has 1 aliphatic rings. The third-order valence-electron chi connectivity index (χ3n) is 5.31. The lowest BCUT2D eigenvalue weighted by molar-refractivity contribution is -0.137. The average Bonchev–Trinajstić information content (AvgIpc) is 3.06. The van der Waals surface area contributed by atoms with Gasteiger partial charge in [-0.2, -0.15) is 13.2 Å². The summed E-state index contributed by atoms with van der Waals surface area (Å²) < 4.78 is 44.9. The summed E-state index contributed by atoms with van der Waals surface area (Å²) in [7, 11) is 0. The molecule has 7 heteroatoms. The number of halogens is 3. The number of nitrogens with one attached hydrogen (secondary N) is 2. The summed E-state index contributed by atoms with van der Waals surface area (Å²) in [5.41, 5.74) is 2.72. The molecule has 1 aromatic heterocycles. The van der Waals surface area contributed by atoms with Gasteiger partial charge in [0, 0.05) is 24.0 Å². The Kier molecular flexibility index (Phi) is 4.98. The highest BCUT2D eigenvalue weighted by Crippen LogP contribution is 2.34. The second-order valence-corrected chi connectivity index (χ2v) is 7.49. The van der Waals surface area contributed by atoms with Crippen LogP contribution in [-0.2, 0) is 23.8 Å². The van der Waals surface area contributed by atoms with Crippen LogP contribution in [0.1, 0.15) is 30.0 Å². The van der Waals surface area contributed by atoms with Crippen molar-refractivity contribution in [2.45, 2.75) is 32.4 Å². The molecular weight excluding hydrogens is 381 g/mol. The second kappa shape index (κ2) is 7.46. The number of alkyl halides is 3. The molecule has 2 N–H and O–H groups in total. The number of amides is 1. The highest BCUT2D eigenvalue weighted by molar-refractivity contribution is 6.01. The maximum Gasteiger partial charge on any atom is 0.416 e. The van der Waals surface area contributed by atoms with Gasteiger partial charge in [0.05, 0.1) is 17.9 Å². The van der Waals surface area contributed by atoms with E-state index in [1.54, 1.807) is 12.3 Å². The minimum absolute atomic E-state index is 0.155. The van der Waals surface area contributed by atoms with Crippen molar-refractivity contribution in [1.82, 2.24) is 4.98 Å². The Morgan fingerprint density at radius 2 is 2.03 bits per heavy atom. The molecule has 29 heavy (non-hydrogen) atoms. The first kappa shape index (κ1) is 19.4. The fourth-order valence-electron chi connectivity index (χ4n) is 3.85. The summed E-state index contributed by atoms with van der Waals surface area (Å²) >= 11 is 0. The first-order valence-electron chi connectivity index (χ1n) is 9.50. The third-order valence-corrected chi connectivity index (χ3v) is 5.31. The predicted molar refractivity (Wildman–Crippen MR) is 105 cm³/mol. The number of H-pyrrole nitrogens is 1. The minimum atomic E-state index is -4.32.